The normalized spacial score (nSPS) is 15.8. The number of carbonyl (C=O) groups excluding carboxylic acids is 1. The smallest absolute Gasteiger partial charge is 0.255 e. The highest BCUT2D eigenvalue weighted by atomic mass is 16.2. The Balaban J connectivity index is 1.75. The highest BCUT2D eigenvalue weighted by Gasteiger charge is 2.37. The van der Waals surface area contributed by atoms with Crippen molar-refractivity contribution in [2.24, 2.45) is 0 Å². The second-order valence-electron chi connectivity index (χ2n) is 6.89. The summed E-state index contributed by atoms with van der Waals surface area (Å²) in [5.41, 5.74) is 5.34. The molecular formula is C23H22N2O. The molecular weight excluding hydrogens is 320 g/mol. The number of nitrogens with zero attached hydrogens (tertiary/aromatic N) is 2. The monoisotopic (exact) mass is 342 g/mol. The lowest BCUT2D eigenvalue weighted by Crippen LogP contribution is -2.28. The van der Waals surface area contributed by atoms with E-state index in [9.17, 15) is 4.79 Å². The van der Waals surface area contributed by atoms with Gasteiger partial charge in [0.15, 0.2) is 0 Å². The zero-order chi connectivity index (χ0) is 18.1. The van der Waals surface area contributed by atoms with Crippen LogP contribution >= 0.6 is 0 Å². The van der Waals surface area contributed by atoms with E-state index in [-0.39, 0.29) is 11.9 Å². The average molecular weight is 342 g/mol. The van der Waals surface area contributed by atoms with Gasteiger partial charge in [0.25, 0.3) is 5.91 Å². The van der Waals surface area contributed by atoms with Gasteiger partial charge in [0.2, 0.25) is 0 Å². The van der Waals surface area contributed by atoms with E-state index >= 15 is 0 Å². The number of benzene rings is 3. The van der Waals surface area contributed by atoms with Crippen molar-refractivity contribution >= 4 is 11.6 Å². The van der Waals surface area contributed by atoms with E-state index in [1.807, 2.05) is 55.4 Å². The summed E-state index contributed by atoms with van der Waals surface area (Å²) in [6.45, 7) is 0.606. The first-order chi connectivity index (χ1) is 12.6. The summed E-state index contributed by atoms with van der Waals surface area (Å²) in [4.78, 5) is 17.1. The highest BCUT2D eigenvalue weighted by molar-refractivity contribution is 5.99. The molecule has 26 heavy (non-hydrogen) atoms. The quantitative estimate of drug-likeness (QED) is 0.697. The second-order valence-corrected chi connectivity index (χ2v) is 6.89. The van der Waals surface area contributed by atoms with Crippen LogP contribution in [0.25, 0.3) is 0 Å². The highest BCUT2D eigenvalue weighted by Crippen LogP contribution is 2.39. The minimum absolute atomic E-state index is 0.0462. The van der Waals surface area contributed by atoms with Gasteiger partial charge in [-0.3, -0.25) is 4.79 Å². The third kappa shape index (κ3) is 2.86. The molecule has 1 aliphatic heterocycles. The summed E-state index contributed by atoms with van der Waals surface area (Å²) in [7, 11) is 4.07. The lowest BCUT2D eigenvalue weighted by atomic mass is 9.97. The second kappa shape index (κ2) is 6.68. The summed E-state index contributed by atoms with van der Waals surface area (Å²) in [5, 5.41) is 0. The fourth-order valence-corrected chi connectivity index (χ4v) is 3.63. The van der Waals surface area contributed by atoms with Crippen LogP contribution in [0.4, 0.5) is 5.69 Å². The summed E-state index contributed by atoms with van der Waals surface area (Å²) < 4.78 is 0. The molecule has 1 aliphatic rings. The van der Waals surface area contributed by atoms with Crippen LogP contribution in [-0.4, -0.2) is 24.9 Å². The number of carbonyl (C=O) groups is 1. The van der Waals surface area contributed by atoms with Gasteiger partial charge in [-0.15, -0.1) is 0 Å². The summed E-state index contributed by atoms with van der Waals surface area (Å²) in [6.07, 6.45) is 0. The molecule has 4 rings (SSSR count). The summed E-state index contributed by atoms with van der Waals surface area (Å²) in [6, 6.07) is 26.6. The van der Waals surface area contributed by atoms with Crippen LogP contribution in [0.15, 0.2) is 78.9 Å². The van der Waals surface area contributed by atoms with Crippen molar-refractivity contribution < 1.29 is 4.79 Å². The van der Waals surface area contributed by atoms with E-state index in [4.69, 9.17) is 0 Å². The molecule has 1 atom stereocenters. The predicted octanol–water partition coefficient (Wildman–Crippen LogP) is 4.50. The van der Waals surface area contributed by atoms with Gasteiger partial charge >= 0.3 is 0 Å². The number of amides is 1. The van der Waals surface area contributed by atoms with E-state index < -0.39 is 0 Å². The zero-order valence-corrected chi connectivity index (χ0v) is 15.1. The maximum atomic E-state index is 13.1. The van der Waals surface area contributed by atoms with Crippen molar-refractivity contribution in [3.63, 3.8) is 0 Å². The molecule has 1 heterocycles. The fourth-order valence-electron chi connectivity index (χ4n) is 3.63. The number of fused-ring (bicyclic) bond motifs is 1. The Bertz CT molecular complexity index is 916. The summed E-state index contributed by atoms with van der Waals surface area (Å²) >= 11 is 0. The third-order valence-corrected chi connectivity index (χ3v) is 4.98. The lowest BCUT2D eigenvalue weighted by molar-refractivity contribution is 0.0736. The Morgan fingerprint density at radius 3 is 2.19 bits per heavy atom. The molecule has 0 bridgehead atoms. The van der Waals surface area contributed by atoms with Gasteiger partial charge < -0.3 is 9.80 Å². The van der Waals surface area contributed by atoms with Gasteiger partial charge in [-0.2, -0.15) is 0 Å². The van der Waals surface area contributed by atoms with E-state index in [0.29, 0.717) is 6.54 Å². The van der Waals surface area contributed by atoms with E-state index in [1.54, 1.807) is 0 Å². The maximum absolute atomic E-state index is 13.1. The molecule has 0 saturated heterocycles. The standard InChI is InChI=1S/C23H22N2O/c1-24(2)19-14-12-18(13-15-19)22-20-10-6-7-11-21(20)23(26)25(22)16-17-8-4-3-5-9-17/h3-15,22H,16H2,1-2H3. The van der Waals surface area contributed by atoms with Crippen LogP contribution in [0.1, 0.15) is 33.1 Å². The van der Waals surface area contributed by atoms with E-state index in [1.165, 1.54) is 0 Å². The Labute approximate surface area is 154 Å². The average Bonchev–Trinajstić information content (AvgIpc) is 2.95. The Kier molecular flexibility index (Phi) is 4.21. The Hall–Kier alpha value is -3.07. The largest absolute Gasteiger partial charge is 0.378 e. The summed E-state index contributed by atoms with van der Waals surface area (Å²) in [5.74, 6) is 0.103. The van der Waals surface area contributed by atoms with Crippen LogP contribution in [0.5, 0.6) is 0 Å². The van der Waals surface area contributed by atoms with Gasteiger partial charge in [-0.1, -0.05) is 60.7 Å². The van der Waals surface area contributed by atoms with Crippen LogP contribution < -0.4 is 4.90 Å². The number of rotatable bonds is 4. The molecule has 0 spiro atoms. The van der Waals surface area contributed by atoms with Crippen molar-refractivity contribution in [2.45, 2.75) is 12.6 Å². The molecule has 3 heteroatoms. The lowest BCUT2D eigenvalue weighted by Gasteiger charge is -2.26. The van der Waals surface area contributed by atoms with Gasteiger partial charge in [0.1, 0.15) is 0 Å². The van der Waals surface area contributed by atoms with Crippen molar-refractivity contribution in [2.75, 3.05) is 19.0 Å². The number of hydrogen-bond donors (Lipinski definition) is 0. The molecule has 1 unspecified atom stereocenters. The van der Waals surface area contributed by atoms with Crippen LogP contribution in [0.3, 0.4) is 0 Å². The minimum atomic E-state index is -0.0462. The Morgan fingerprint density at radius 2 is 1.50 bits per heavy atom. The molecule has 130 valence electrons. The third-order valence-electron chi connectivity index (χ3n) is 4.98. The Morgan fingerprint density at radius 1 is 0.846 bits per heavy atom. The number of hydrogen-bond acceptors (Lipinski definition) is 2. The van der Waals surface area contributed by atoms with Crippen LogP contribution in [0, 0.1) is 0 Å². The van der Waals surface area contributed by atoms with Crippen molar-refractivity contribution in [3.05, 3.63) is 101 Å². The fraction of sp³-hybridized carbons (Fsp3) is 0.174. The molecule has 0 fully saturated rings. The minimum Gasteiger partial charge on any atom is -0.378 e. The van der Waals surface area contributed by atoms with Gasteiger partial charge in [0, 0.05) is 31.9 Å². The molecule has 1 amide bonds. The predicted molar refractivity (Wildman–Crippen MR) is 105 cm³/mol. The van der Waals surface area contributed by atoms with Crippen LogP contribution in [-0.2, 0) is 6.54 Å². The zero-order valence-electron chi connectivity index (χ0n) is 15.1. The topological polar surface area (TPSA) is 23.6 Å². The number of anilines is 1. The molecule has 0 radical (unpaired) electrons. The molecule has 0 N–H and O–H groups in total. The van der Waals surface area contributed by atoms with E-state index in [0.717, 1.165) is 27.9 Å². The molecule has 0 aliphatic carbocycles. The molecule has 3 nitrogen and oxygen atoms in total. The van der Waals surface area contributed by atoms with Crippen molar-refractivity contribution in [1.82, 2.24) is 4.90 Å². The van der Waals surface area contributed by atoms with Gasteiger partial charge in [0.05, 0.1) is 6.04 Å². The van der Waals surface area contributed by atoms with E-state index in [2.05, 4.69) is 47.4 Å². The first-order valence-corrected chi connectivity index (χ1v) is 8.86. The van der Waals surface area contributed by atoms with Crippen molar-refractivity contribution in [1.29, 1.82) is 0 Å². The maximum Gasteiger partial charge on any atom is 0.255 e. The first kappa shape index (κ1) is 16.4. The van der Waals surface area contributed by atoms with Gasteiger partial charge in [-0.25, -0.2) is 0 Å². The molecule has 3 aromatic rings. The molecule has 0 aromatic heterocycles. The van der Waals surface area contributed by atoms with Crippen molar-refractivity contribution in [3.8, 4) is 0 Å². The molecule has 0 saturated carbocycles. The molecule has 3 aromatic carbocycles. The van der Waals surface area contributed by atoms with Gasteiger partial charge in [-0.05, 0) is 34.9 Å². The van der Waals surface area contributed by atoms with Crippen LogP contribution in [0.2, 0.25) is 0 Å². The SMILES string of the molecule is CN(C)c1ccc(C2c3ccccc3C(=O)N2Cc2ccccc2)cc1. The first-order valence-electron chi connectivity index (χ1n) is 8.86.